The molecule has 0 saturated heterocycles. The zero-order valence-electron chi connectivity index (χ0n) is 17.9. The highest BCUT2D eigenvalue weighted by atomic mass is 79.9. The van der Waals surface area contributed by atoms with Crippen LogP contribution in [0.4, 0.5) is 0 Å². The highest BCUT2D eigenvalue weighted by Crippen LogP contribution is 2.41. The van der Waals surface area contributed by atoms with Crippen LogP contribution in [0.5, 0.6) is 17.2 Å². The molecule has 0 saturated carbocycles. The Balaban J connectivity index is 1.46. The van der Waals surface area contributed by atoms with Gasteiger partial charge < -0.3 is 18.9 Å². The fraction of sp³-hybridized carbons (Fsp3) is 0.154. The molecule has 0 spiro atoms. The van der Waals surface area contributed by atoms with Crippen molar-refractivity contribution in [2.24, 2.45) is 0 Å². The van der Waals surface area contributed by atoms with Crippen molar-refractivity contribution in [1.29, 1.82) is 0 Å². The molecule has 0 aromatic heterocycles. The van der Waals surface area contributed by atoms with E-state index in [2.05, 4.69) is 15.9 Å². The number of esters is 1. The predicted molar refractivity (Wildman–Crippen MR) is 125 cm³/mol. The Morgan fingerprint density at radius 2 is 1.91 bits per heavy atom. The fourth-order valence-electron chi connectivity index (χ4n) is 3.89. The lowest BCUT2D eigenvalue weighted by Crippen LogP contribution is -2.12. The second kappa shape index (κ2) is 8.50. The molecule has 0 amide bonds. The van der Waals surface area contributed by atoms with Crippen LogP contribution in [-0.2, 0) is 11.3 Å². The summed E-state index contributed by atoms with van der Waals surface area (Å²) in [5.41, 5.74) is 3.89. The van der Waals surface area contributed by atoms with Crippen molar-refractivity contribution >= 4 is 33.8 Å². The van der Waals surface area contributed by atoms with Crippen molar-refractivity contribution in [2.75, 3.05) is 6.79 Å². The molecule has 0 unspecified atom stereocenters. The maximum absolute atomic E-state index is 13.0. The number of benzene rings is 3. The summed E-state index contributed by atoms with van der Waals surface area (Å²) in [5, 5.41) is 0. The molecule has 0 aliphatic carbocycles. The van der Waals surface area contributed by atoms with Crippen LogP contribution in [-0.4, -0.2) is 18.5 Å². The van der Waals surface area contributed by atoms with E-state index < -0.39 is 5.97 Å². The predicted octanol–water partition coefficient (Wildman–Crippen LogP) is 5.77. The van der Waals surface area contributed by atoms with Crippen LogP contribution < -0.4 is 14.2 Å². The third-order valence-electron chi connectivity index (χ3n) is 5.59. The molecule has 0 atom stereocenters. The molecule has 3 aromatic rings. The zero-order chi connectivity index (χ0) is 23.1. The van der Waals surface area contributed by atoms with Gasteiger partial charge in [-0.2, -0.15) is 0 Å². The smallest absolute Gasteiger partial charge is 0.343 e. The van der Waals surface area contributed by atoms with Gasteiger partial charge in [0.15, 0.2) is 12.6 Å². The van der Waals surface area contributed by atoms with Crippen LogP contribution in [0.1, 0.15) is 43.0 Å². The van der Waals surface area contributed by atoms with Gasteiger partial charge in [0.2, 0.25) is 5.78 Å². The van der Waals surface area contributed by atoms with Gasteiger partial charge in [-0.25, -0.2) is 4.79 Å². The number of rotatable bonds is 3. The summed E-state index contributed by atoms with van der Waals surface area (Å²) in [6.45, 7) is 4.18. The SMILES string of the molecule is Cc1ccccc1C(=O)Oc1ccc2c(c1C)O/C(=C\c1cc(Br)cc3c1OCOC3)C2=O. The molecule has 3 aromatic carbocycles. The molecule has 33 heavy (non-hydrogen) atoms. The van der Waals surface area contributed by atoms with Crippen molar-refractivity contribution in [3.63, 3.8) is 0 Å². The number of aryl methyl sites for hydroxylation is 1. The summed E-state index contributed by atoms with van der Waals surface area (Å²) in [6.07, 6.45) is 1.66. The molecule has 5 rings (SSSR count). The van der Waals surface area contributed by atoms with E-state index >= 15 is 0 Å². The number of carbonyl (C=O) groups excluding carboxylic acids is 2. The topological polar surface area (TPSA) is 71.1 Å². The molecule has 166 valence electrons. The van der Waals surface area contributed by atoms with Crippen molar-refractivity contribution < 1.29 is 28.5 Å². The summed E-state index contributed by atoms with van der Waals surface area (Å²) in [6, 6.07) is 14.2. The maximum Gasteiger partial charge on any atom is 0.343 e. The van der Waals surface area contributed by atoms with E-state index in [0.29, 0.717) is 46.1 Å². The first-order valence-corrected chi connectivity index (χ1v) is 11.1. The van der Waals surface area contributed by atoms with Crippen molar-refractivity contribution in [2.45, 2.75) is 20.5 Å². The number of ether oxygens (including phenoxy) is 4. The lowest BCUT2D eigenvalue weighted by atomic mass is 10.0. The number of hydrogen-bond donors (Lipinski definition) is 0. The van der Waals surface area contributed by atoms with E-state index in [-0.39, 0.29) is 18.3 Å². The molecule has 2 aliphatic rings. The van der Waals surface area contributed by atoms with Crippen molar-refractivity contribution in [3.05, 3.63) is 92.1 Å². The Kier molecular flexibility index (Phi) is 5.52. The number of ketones is 1. The molecule has 2 aliphatic heterocycles. The van der Waals surface area contributed by atoms with Crippen molar-refractivity contribution in [3.8, 4) is 17.2 Å². The standard InChI is InChI=1S/C26H19BrO6/c1-14-5-3-4-6-19(14)26(29)33-21-8-7-20-23(28)22(32-24(20)15(21)2)11-16-9-18(27)10-17-12-30-13-31-25(16)17/h3-11H,12-13H2,1-2H3/b22-11-. The van der Waals surface area contributed by atoms with Gasteiger partial charge in [-0.15, -0.1) is 0 Å². The number of fused-ring (bicyclic) bond motifs is 2. The number of Topliss-reactive ketones (excluding diaryl/α,β-unsaturated/α-hetero) is 1. The van der Waals surface area contributed by atoms with Crippen molar-refractivity contribution in [1.82, 2.24) is 0 Å². The van der Waals surface area contributed by atoms with Gasteiger partial charge in [0.05, 0.1) is 17.7 Å². The van der Waals surface area contributed by atoms with E-state index in [1.807, 2.05) is 31.2 Å². The van der Waals surface area contributed by atoms with Crippen LogP contribution in [0, 0.1) is 13.8 Å². The third kappa shape index (κ3) is 3.94. The highest BCUT2D eigenvalue weighted by Gasteiger charge is 2.31. The summed E-state index contributed by atoms with van der Waals surface area (Å²) < 4.78 is 23.4. The number of halogens is 1. The average molecular weight is 507 g/mol. The number of hydrogen-bond acceptors (Lipinski definition) is 6. The molecule has 0 radical (unpaired) electrons. The van der Waals surface area contributed by atoms with Crippen LogP contribution in [0.2, 0.25) is 0 Å². The molecule has 7 heteroatoms. The second-order valence-electron chi connectivity index (χ2n) is 7.80. The number of allylic oxidation sites excluding steroid dienone is 1. The van der Waals surface area contributed by atoms with Gasteiger partial charge in [0.1, 0.15) is 17.2 Å². The largest absolute Gasteiger partial charge is 0.467 e. The van der Waals surface area contributed by atoms with Crippen LogP contribution in [0.25, 0.3) is 6.08 Å². The maximum atomic E-state index is 13.0. The lowest BCUT2D eigenvalue weighted by molar-refractivity contribution is -0.0165. The monoisotopic (exact) mass is 506 g/mol. The lowest BCUT2D eigenvalue weighted by Gasteiger charge is -2.20. The molecular formula is C26H19BrO6. The zero-order valence-corrected chi connectivity index (χ0v) is 19.5. The fourth-order valence-corrected chi connectivity index (χ4v) is 4.42. The Hall–Kier alpha value is -3.42. The van der Waals surface area contributed by atoms with Gasteiger partial charge in [-0.05, 0) is 55.8 Å². The molecule has 0 N–H and O–H groups in total. The minimum Gasteiger partial charge on any atom is -0.467 e. The highest BCUT2D eigenvalue weighted by molar-refractivity contribution is 9.10. The van der Waals surface area contributed by atoms with Gasteiger partial charge in [-0.1, -0.05) is 34.1 Å². The van der Waals surface area contributed by atoms with Crippen LogP contribution >= 0.6 is 15.9 Å². The summed E-state index contributed by atoms with van der Waals surface area (Å²) in [4.78, 5) is 25.7. The minimum atomic E-state index is -0.462. The average Bonchev–Trinajstić information content (AvgIpc) is 3.12. The molecule has 2 heterocycles. The van der Waals surface area contributed by atoms with Crippen LogP contribution in [0.15, 0.2) is 58.8 Å². The quantitative estimate of drug-likeness (QED) is 0.255. The van der Waals surface area contributed by atoms with Gasteiger partial charge in [0, 0.05) is 21.2 Å². The normalized spacial score (nSPS) is 15.5. The van der Waals surface area contributed by atoms with E-state index in [9.17, 15) is 9.59 Å². The molecule has 0 fully saturated rings. The van der Waals surface area contributed by atoms with Gasteiger partial charge in [-0.3, -0.25) is 4.79 Å². The van der Waals surface area contributed by atoms with E-state index in [0.717, 1.165) is 15.6 Å². The third-order valence-corrected chi connectivity index (χ3v) is 6.05. The first-order valence-electron chi connectivity index (χ1n) is 10.3. The number of carbonyl (C=O) groups is 2. The Labute approximate surface area is 198 Å². The molecular weight excluding hydrogens is 488 g/mol. The molecule has 6 nitrogen and oxygen atoms in total. The first kappa shape index (κ1) is 21.4. The summed E-state index contributed by atoms with van der Waals surface area (Å²) in [7, 11) is 0. The van der Waals surface area contributed by atoms with E-state index in [1.165, 1.54) is 0 Å². The minimum absolute atomic E-state index is 0.147. The summed E-state index contributed by atoms with van der Waals surface area (Å²) in [5.74, 6) is 0.854. The molecule has 0 bridgehead atoms. The van der Waals surface area contributed by atoms with Gasteiger partial charge in [0.25, 0.3) is 0 Å². The summed E-state index contributed by atoms with van der Waals surface area (Å²) >= 11 is 3.49. The Morgan fingerprint density at radius 3 is 2.73 bits per heavy atom. The van der Waals surface area contributed by atoms with E-state index in [4.69, 9.17) is 18.9 Å². The van der Waals surface area contributed by atoms with Gasteiger partial charge >= 0.3 is 5.97 Å². The Morgan fingerprint density at radius 1 is 1.09 bits per heavy atom. The Bertz CT molecular complexity index is 1340. The van der Waals surface area contributed by atoms with E-state index in [1.54, 1.807) is 37.3 Å². The second-order valence-corrected chi connectivity index (χ2v) is 8.72. The van der Waals surface area contributed by atoms with Crippen LogP contribution in [0.3, 0.4) is 0 Å². The first-order chi connectivity index (χ1) is 15.9.